The van der Waals surface area contributed by atoms with E-state index in [2.05, 4.69) is 5.10 Å². The van der Waals surface area contributed by atoms with E-state index in [9.17, 15) is 0 Å². The predicted molar refractivity (Wildman–Crippen MR) is 63.0 cm³/mol. The molecule has 0 amide bonds. The Morgan fingerprint density at radius 1 is 1.43 bits per heavy atom. The Morgan fingerprint density at radius 3 is 2.64 bits per heavy atom. The maximum Gasteiger partial charge on any atom is 0.176 e. The molecule has 1 rings (SSSR count). The molecule has 0 unspecified atom stereocenters. The Morgan fingerprint density at radius 2 is 2.07 bits per heavy atom. The minimum absolute atomic E-state index is 0.428. The van der Waals surface area contributed by atoms with Crippen LogP contribution in [-0.2, 0) is 0 Å². The lowest BCUT2D eigenvalue weighted by Gasteiger charge is -2.10. The summed E-state index contributed by atoms with van der Waals surface area (Å²) in [7, 11) is 1.76. The van der Waals surface area contributed by atoms with Crippen LogP contribution in [0.3, 0.4) is 0 Å². The van der Waals surface area contributed by atoms with Crippen LogP contribution in [0.1, 0.15) is 5.56 Å². The molecule has 4 heteroatoms. The van der Waals surface area contributed by atoms with Gasteiger partial charge in [-0.15, -0.1) is 0 Å². The molecule has 0 saturated carbocycles. The van der Waals surface area contributed by atoms with Gasteiger partial charge in [-0.3, -0.25) is 5.41 Å². The zero-order valence-corrected chi connectivity index (χ0v) is 9.08. The molecule has 1 N–H and O–H groups in total. The molecular weight excluding hydrogens is 194 g/mol. The summed E-state index contributed by atoms with van der Waals surface area (Å²) in [5, 5.41) is 13.6. The van der Waals surface area contributed by atoms with Crippen molar-refractivity contribution in [2.45, 2.75) is 0 Å². The van der Waals surface area contributed by atoms with Crippen LogP contribution >= 0.6 is 11.8 Å². The standard InChI is InChI=1S/C10H13N3S/c1-13(10(11)14-2)12-8-9-6-4-3-5-7-9/h3-8,11H,1-2H3. The number of nitrogens with zero attached hydrogens (tertiary/aromatic N) is 2. The molecule has 0 fully saturated rings. The minimum atomic E-state index is 0.428. The first-order valence-electron chi connectivity index (χ1n) is 4.19. The van der Waals surface area contributed by atoms with Gasteiger partial charge < -0.3 is 0 Å². The van der Waals surface area contributed by atoms with Crippen molar-refractivity contribution in [3.05, 3.63) is 35.9 Å². The second kappa shape index (κ2) is 5.44. The number of hydrogen-bond acceptors (Lipinski definition) is 3. The maximum absolute atomic E-state index is 7.48. The van der Waals surface area contributed by atoms with E-state index < -0.39 is 0 Å². The van der Waals surface area contributed by atoms with E-state index in [1.165, 1.54) is 16.8 Å². The summed E-state index contributed by atoms with van der Waals surface area (Å²) in [6.07, 6.45) is 3.60. The molecule has 3 nitrogen and oxygen atoms in total. The zero-order valence-electron chi connectivity index (χ0n) is 8.27. The summed E-state index contributed by atoms with van der Waals surface area (Å²) in [4.78, 5) is 0. The third kappa shape index (κ3) is 3.22. The van der Waals surface area contributed by atoms with Crippen LogP contribution < -0.4 is 0 Å². The molecule has 0 aromatic heterocycles. The van der Waals surface area contributed by atoms with Gasteiger partial charge in [0.1, 0.15) is 0 Å². The van der Waals surface area contributed by atoms with Gasteiger partial charge in [-0.25, -0.2) is 5.01 Å². The van der Waals surface area contributed by atoms with Crippen molar-refractivity contribution in [1.29, 1.82) is 5.41 Å². The van der Waals surface area contributed by atoms with Gasteiger partial charge >= 0.3 is 0 Å². The van der Waals surface area contributed by atoms with Crippen LogP contribution in [0.15, 0.2) is 35.4 Å². The lowest BCUT2D eigenvalue weighted by atomic mass is 10.2. The Hall–Kier alpha value is -1.29. The molecule has 0 aliphatic carbocycles. The highest BCUT2D eigenvalue weighted by Gasteiger charge is 1.97. The van der Waals surface area contributed by atoms with E-state index in [4.69, 9.17) is 5.41 Å². The van der Waals surface area contributed by atoms with Crippen molar-refractivity contribution in [2.75, 3.05) is 13.3 Å². The number of amidine groups is 1. The molecule has 0 radical (unpaired) electrons. The summed E-state index contributed by atoms with van der Waals surface area (Å²) < 4.78 is 0. The number of rotatable bonds is 2. The van der Waals surface area contributed by atoms with Crippen molar-refractivity contribution >= 4 is 23.1 Å². The lowest BCUT2D eigenvalue weighted by Crippen LogP contribution is -2.16. The van der Waals surface area contributed by atoms with Gasteiger partial charge in [0.2, 0.25) is 0 Å². The number of hydrazone groups is 1. The summed E-state index contributed by atoms with van der Waals surface area (Å²) >= 11 is 1.36. The van der Waals surface area contributed by atoms with E-state index in [0.717, 1.165) is 5.56 Å². The monoisotopic (exact) mass is 207 g/mol. The molecular formula is C10H13N3S. The molecule has 74 valence electrons. The highest BCUT2D eigenvalue weighted by molar-refractivity contribution is 8.13. The number of benzene rings is 1. The van der Waals surface area contributed by atoms with Crippen molar-refractivity contribution < 1.29 is 0 Å². The van der Waals surface area contributed by atoms with Gasteiger partial charge in [-0.05, 0) is 11.8 Å². The first-order chi connectivity index (χ1) is 6.74. The minimum Gasteiger partial charge on any atom is -0.277 e. The second-order valence-corrected chi connectivity index (χ2v) is 3.48. The van der Waals surface area contributed by atoms with Crippen LogP contribution in [0.2, 0.25) is 0 Å². The SMILES string of the molecule is CSC(=N)N(C)N=Cc1ccccc1. The lowest BCUT2D eigenvalue weighted by molar-refractivity contribution is 0.556. The fourth-order valence-electron chi connectivity index (χ4n) is 0.877. The van der Waals surface area contributed by atoms with E-state index in [0.29, 0.717) is 5.17 Å². The van der Waals surface area contributed by atoms with Crippen LogP contribution in [0.25, 0.3) is 0 Å². The highest BCUT2D eigenvalue weighted by Crippen LogP contribution is 2.01. The molecule has 0 aliphatic rings. The number of thioether (sulfide) groups is 1. The Labute approximate surface area is 88.3 Å². The van der Waals surface area contributed by atoms with Gasteiger partial charge in [0.05, 0.1) is 6.21 Å². The van der Waals surface area contributed by atoms with Crippen molar-refractivity contribution in [3.8, 4) is 0 Å². The normalized spacial score (nSPS) is 10.4. The van der Waals surface area contributed by atoms with Crippen molar-refractivity contribution in [3.63, 3.8) is 0 Å². The molecule has 1 aromatic rings. The molecule has 0 atom stereocenters. The highest BCUT2D eigenvalue weighted by atomic mass is 32.2. The van der Waals surface area contributed by atoms with Gasteiger partial charge in [0.25, 0.3) is 0 Å². The fourth-order valence-corrected chi connectivity index (χ4v) is 1.19. The maximum atomic E-state index is 7.48. The van der Waals surface area contributed by atoms with E-state index >= 15 is 0 Å². The van der Waals surface area contributed by atoms with E-state index in [1.54, 1.807) is 13.3 Å². The smallest absolute Gasteiger partial charge is 0.176 e. The third-order valence-electron chi connectivity index (χ3n) is 1.67. The third-order valence-corrected chi connectivity index (χ3v) is 2.32. The average Bonchev–Trinajstić information content (AvgIpc) is 2.26. The Bertz CT molecular complexity index is 321. The molecule has 0 aliphatic heterocycles. The van der Waals surface area contributed by atoms with Crippen molar-refractivity contribution in [1.82, 2.24) is 5.01 Å². The molecule has 0 spiro atoms. The van der Waals surface area contributed by atoms with Gasteiger partial charge in [0, 0.05) is 7.05 Å². The van der Waals surface area contributed by atoms with Gasteiger partial charge in [0.15, 0.2) is 5.17 Å². The van der Waals surface area contributed by atoms with Crippen LogP contribution in [0.4, 0.5) is 0 Å². The summed E-state index contributed by atoms with van der Waals surface area (Å²) in [6, 6.07) is 9.83. The fraction of sp³-hybridized carbons (Fsp3) is 0.200. The topological polar surface area (TPSA) is 39.5 Å². The summed E-state index contributed by atoms with van der Waals surface area (Å²) in [6.45, 7) is 0. The quantitative estimate of drug-likeness (QED) is 0.459. The largest absolute Gasteiger partial charge is 0.277 e. The first kappa shape index (κ1) is 10.8. The number of hydrogen-bond donors (Lipinski definition) is 1. The molecule has 0 heterocycles. The molecule has 14 heavy (non-hydrogen) atoms. The van der Waals surface area contributed by atoms with Crippen LogP contribution in [-0.4, -0.2) is 29.7 Å². The summed E-state index contributed by atoms with van der Waals surface area (Å²) in [5.41, 5.74) is 1.04. The zero-order chi connectivity index (χ0) is 10.4. The Balaban J connectivity index is 2.60. The Kier molecular flexibility index (Phi) is 4.19. The predicted octanol–water partition coefficient (Wildman–Crippen LogP) is 2.25. The van der Waals surface area contributed by atoms with E-state index in [-0.39, 0.29) is 0 Å². The van der Waals surface area contributed by atoms with E-state index in [1.807, 2.05) is 36.6 Å². The van der Waals surface area contributed by atoms with Gasteiger partial charge in [-0.1, -0.05) is 42.1 Å². The van der Waals surface area contributed by atoms with Gasteiger partial charge in [-0.2, -0.15) is 5.10 Å². The van der Waals surface area contributed by atoms with Crippen LogP contribution in [0, 0.1) is 5.41 Å². The summed E-state index contributed by atoms with van der Waals surface area (Å²) in [5.74, 6) is 0. The first-order valence-corrected chi connectivity index (χ1v) is 5.42. The molecule has 1 aromatic carbocycles. The molecule has 0 bridgehead atoms. The van der Waals surface area contributed by atoms with Crippen LogP contribution in [0.5, 0.6) is 0 Å². The van der Waals surface area contributed by atoms with Crippen molar-refractivity contribution in [2.24, 2.45) is 5.10 Å². The molecule has 0 saturated heterocycles. The average molecular weight is 207 g/mol. The second-order valence-electron chi connectivity index (χ2n) is 2.69. The number of nitrogens with one attached hydrogen (secondary N) is 1.